The highest BCUT2D eigenvalue weighted by Crippen LogP contribution is 2.32. The lowest BCUT2D eigenvalue weighted by Crippen LogP contribution is -2.20. The second-order valence-electron chi connectivity index (χ2n) is 6.27. The van der Waals surface area contributed by atoms with Gasteiger partial charge in [0.2, 0.25) is 11.7 Å². The van der Waals surface area contributed by atoms with Crippen molar-refractivity contribution in [3.63, 3.8) is 0 Å². The minimum absolute atomic E-state index is 0.319. The fourth-order valence-electron chi connectivity index (χ4n) is 3.31. The normalized spacial score (nSPS) is 17.9. The van der Waals surface area contributed by atoms with Crippen LogP contribution in [0, 0.1) is 6.92 Å². The molecule has 0 saturated carbocycles. The highest BCUT2D eigenvalue weighted by atomic mass is 35.5. The zero-order valence-corrected chi connectivity index (χ0v) is 14.6. The van der Waals surface area contributed by atoms with Gasteiger partial charge in [0.05, 0.1) is 11.3 Å². The Labute approximate surface area is 150 Å². The number of rotatable bonds is 4. The van der Waals surface area contributed by atoms with Gasteiger partial charge in [-0.15, -0.1) is 0 Å². The number of hydrogen-bond acceptors (Lipinski definition) is 6. The van der Waals surface area contributed by atoms with Gasteiger partial charge in [-0.2, -0.15) is 4.98 Å². The Morgan fingerprint density at radius 1 is 1.32 bits per heavy atom. The molecule has 0 aliphatic carbocycles. The third kappa shape index (κ3) is 3.41. The molecular weight excluding hydrogens is 338 g/mol. The third-order valence-corrected chi connectivity index (χ3v) is 4.89. The van der Waals surface area contributed by atoms with Gasteiger partial charge in [-0.25, -0.2) is 9.97 Å². The van der Waals surface area contributed by atoms with Crippen molar-refractivity contribution in [1.29, 1.82) is 0 Å². The maximum absolute atomic E-state index is 6.29. The minimum Gasteiger partial charge on any atom is -0.339 e. The number of likely N-dealkylation sites (tertiary alicyclic amines) is 1. The number of aryl methyl sites for hydroxylation is 1. The van der Waals surface area contributed by atoms with Gasteiger partial charge in [0.25, 0.3) is 0 Å². The number of benzene rings is 1. The van der Waals surface area contributed by atoms with Crippen LogP contribution in [0.4, 0.5) is 0 Å². The van der Waals surface area contributed by atoms with Gasteiger partial charge in [0, 0.05) is 37.2 Å². The maximum atomic E-state index is 6.29. The zero-order valence-electron chi connectivity index (χ0n) is 13.9. The van der Waals surface area contributed by atoms with Gasteiger partial charge in [-0.1, -0.05) is 35.0 Å². The summed E-state index contributed by atoms with van der Waals surface area (Å²) >= 11 is 6.29. The van der Waals surface area contributed by atoms with Crippen LogP contribution in [0.1, 0.15) is 29.5 Å². The van der Waals surface area contributed by atoms with Crippen molar-refractivity contribution in [1.82, 2.24) is 25.0 Å². The summed E-state index contributed by atoms with van der Waals surface area (Å²) in [5, 5.41) is 4.83. The first kappa shape index (κ1) is 16.2. The van der Waals surface area contributed by atoms with E-state index in [2.05, 4.69) is 31.1 Å². The predicted octanol–water partition coefficient (Wildman–Crippen LogP) is 3.48. The van der Waals surface area contributed by atoms with E-state index < -0.39 is 0 Å². The lowest BCUT2D eigenvalue weighted by molar-refractivity contribution is 0.326. The first-order valence-electron chi connectivity index (χ1n) is 8.27. The Kier molecular flexibility index (Phi) is 4.46. The highest BCUT2D eigenvalue weighted by Gasteiger charge is 2.28. The monoisotopic (exact) mass is 355 g/mol. The quantitative estimate of drug-likeness (QED) is 0.713. The fraction of sp³-hybridized carbons (Fsp3) is 0.333. The number of aromatic nitrogens is 4. The molecule has 0 amide bonds. The summed E-state index contributed by atoms with van der Waals surface area (Å²) in [6, 6.07) is 7.99. The molecule has 7 heteroatoms. The van der Waals surface area contributed by atoms with Crippen LogP contribution in [-0.2, 0) is 6.54 Å². The van der Waals surface area contributed by atoms with Crippen LogP contribution in [0.5, 0.6) is 0 Å². The molecule has 0 bridgehead atoms. The molecule has 3 aromatic rings. The molecule has 3 heterocycles. The SMILES string of the molecule is Cc1nc(-c2cncnc2[C@@H]2CCN(Cc3ccccc3Cl)C2)no1. The van der Waals surface area contributed by atoms with Crippen LogP contribution in [0.25, 0.3) is 11.4 Å². The van der Waals surface area contributed by atoms with E-state index in [9.17, 15) is 0 Å². The van der Waals surface area contributed by atoms with E-state index in [0.717, 1.165) is 47.9 Å². The van der Waals surface area contributed by atoms with Crippen LogP contribution in [-0.4, -0.2) is 38.1 Å². The number of nitrogens with zero attached hydrogens (tertiary/aromatic N) is 5. The molecule has 0 spiro atoms. The van der Waals surface area contributed by atoms with E-state index in [4.69, 9.17) is 16.1 Å². The first-order chi connectivity index (χ1) is 12.2. The fourth-order valence-corrected chi connectivity index (χ4v) is 3.51. The van der Waals surface area contributed by atoms with Gasteiger partial charge in [-0.05, 0) is 24.6 Å². The second-order valence-corrected chi connectivity index (χ2v) is 6.68. The molecule has 0 N–H and O–H groups in total. The molecule has 1 fully saturated rings. The van der Waals surface area contributed by atoms with Crippen molar-refractivity contribution < 1.29 is 4.52 Å². The maximum Gasteiger partial charge on any atom is 0.223 e. The molecule has 6 nitrogen and oxygen atoms in total. The summed E-state index contributed by atoms with van der Waals surface area (Å²) in [7, 11) is 0. The number of hydrogen-bond donors (Lipinski definition) is 0. The second kappa shape index (κ2) is 6.90. The smallest absolute Gasteiger partial charge is 0.223 e. The first-order valence-corrected chi connectivity index (χ1v) is 8.65. The van der Waals surface area contributed by atoms with E-state index in [0.29, 0.717) is 17.6 Å². The van der Waals surface area contributed by atoms with Crippen molar-refractivity contribution in [2.75, 3.05) is 13.1 Å². The van der Waals surface area contributed by atoms with Crippen molar-refractivity contribution >= 4 is 11.6 Å². The molecule has 1 aromatic carbocycles. The van der Waals surface area contributed by atoms with Crippen LogP contribution < -0.4 is 0 Å². The molecule has 25 heavy (non-hydrogen) atoms. The third-order valence-electron chi connectivity index (χ3n) is 4.52. The standard InChI is InChI=1S/C18H18ClN5O/c1-12-22-18(23-25-12)15-8-20-11-21-17(15)14-6-7-24(10-14)9-13-4-2-3-5-16(13)19/h2-5,8,11,14H,6-7,9-10H2,1H3/t14-/m1/s1. The largest absolute Gasteiger partial charge is 0.339 e. The Morgan fingerprint density at radius 3 is 3.00 bits per heavy atom. The molecule has 1 atom stereocenters. The molecule has 2 aromatic heterocycles. The molecule has 0 radical (unpaired) electrons. The van der Waals surface area contributed by atoms with Crippen LogP contribution in [0.2, 0.25) is 5.02 Å². The van der Waals surface area contributed by atoms with E-state index in [1.165, 1.54) is 0 Å². The summed E-state index contributed by atoms with van der Waals surface area (Å²) < 4.78 is 5.11. The van der Waals surface area contributed by atoms with Crippen molar-refractivity contribution in [2.45, 2.75) is 25.8 Å². The molecule has 1 aliphatic heterocycles. The molecule has 1 aliphatic rings. The van der Waals surface area contributed by atoms with Crippen LogP contribution >= 0.6 is 11.6 Å². The van der Waals surface area contributed by atoms with Gasteiger partial charge in [0.15, 0.2) is 0 Å². The summed E-state index contributed by atoms with van der Waals surface area (Å²) in [5.74, 6) is 1.41. The summed E-state index contributed by atoms with van der Waals surface area (Å²) in [5.41, 5.74) is 2.99. The van der Waals surface area contributed by atoms with E-state index >= 15 is 0 Å². The molecule has 0 unspecified atom stereocenters. The minimum atomic E-state index is 0.319. The van der Waals surface area contributed by atoms with Crippen molar-refractivity contribution in [3.05, 3.63) is 59.0 Å². The predicted molar refractivity (Wildman–Crippen MR) is 94.1 cm³/mol. The summed E-state index contributed by atoms with van der Waals surface area (Å²) in [6.07, 6.45) is 4.39. The molecule has 128 valence electrons. The highest BCUT2D eigenvalue weighted by molar-refractivity contribution is 6.31. The van der Waals surface area contributed by atoms with E-state index in [1.807, 2.05) is 18.2 Å². The van der Waals surface area contributed by atoms with Crippen LogP contribution in [0.15, 0.2) is 41.3 Å². The Balaban J connectivity index is 1.54. The Bertz CT molecular complexity index is 881. The van der Waals surface area contributed by atoms with Crippen molar-refractivity contribution in [2.24, 2.45) is 0 Å². The van der Waals surface area contributed by atoms with Gasteiger partial charge in [-0.3, -0.25) is 4.90 Å². The number of halogens is 1. The van der Waals surface area contributed by atoms with E-state index in [-0.39, 0.29) is 0 Å². The average Bonchev–Trinajstić information content (AvgIpc) is 3.26. The average molecular weight is 356 g/mol. The van der Waals surface area contributed by atoms with Gasteiger partial charge in [0.1, 0.15) is 6.33 Å². The lowest BCUT2D eigenvalue weighted by atomic mass is 10.00. The topological polar surface area (TPSA) is 67.9 Å². The zero-order chi connectivity index (χ0) is 17.2. The Morgan fingerprint density at radius 2 is 2.20 bits per heavy atom. The Hall–Kier alpha value is -2.31. The van der Waals surface area contributed by atoms with Gasteiger partial charge < -0.3 is 4.52 Å². The van der Waals surface area contributed by atoms with Crippen LogP contribution in [0.3, 0.4) is 0 Å². The molecular formula is C18H18ClN5O. The molecule has 1 saturated heterocycles. The van der Waals surface area contributed by atoms with E-state index in [1.54, 1.807) is 19.4 Å². The van der Waals surface area contributed by atoms with Gasteiger partial charge >= 0.3 is 0 Å². The summed E-state index contributed by atoms with van der Waals surface area (Å²) in [4.78, 5) is 15.4. The molecule has 4 rings (SSSR count). The van der Waals surface area contributed by atoms with Crippen molar-refractivity contribution in [3.8, 4) is 11.4 Å². The lowest BCUT2D eigenvalue weighted by Gasteiger charge is -2.17. The summed E-state index contributed by atoms with van der Waals surface area (Å²) in [6.45, 7) is 4.55.